The lowest BCUT2D eigenvalue weighted by Crippen LogP contribution is -2.54. The molecule has 6 nitrogen and oxygen atoms in total. The minimum Gasteiger partial charge on any atom is -0.339 e. The molecule has 3 rings (SSSR count). The fourth-order valence-corrected chi connectivity index (χ4v) is 4.44. The van der Waals surface area contributed by atoms with Gasteiger partial charge in [-0.25, -0.2) is 8.42 Å². The first-order valence-corrected chi connectivity index (χ1v) is 10.9. The van der Waals surface area contributed by atoms with E-state index in [-0.39, 0.29) is 10.8 Å². The first-order chi connectivity index (χ1) is 13.3. The van der Waals surface area contributed by atoms with E-state index in [0.717, 1.165) is 24.2 Å². The average molecular weight is 402 g/mol. The van der Waals surface area contributed by atoms with Crippen molar-refractivity contribution in [3.05, 3.63) is 65.7 Å². The van der Waals surface area contributed by atoms with E-state index in [1.165, 1.54) is 0 Å². The Morgan fingerprint density at radius 1 is 1.00 bits per heavy atom. The topological polar surface area (TPSA) is 69.7 Å². The zero-order valence-electron chi connectivity index (χ0n) is 16.3. The fourth-order valence-electron chi connectivity index (χ4n) is 3.25. The van der Waals surface area contributed by atoms with Crippen molar-refractivity contribution in [2.75, 3.05) is 33.2 Å². The standard InChI is InChI=1S/C21H27N3O3S/c1-17-8-10-19(11-9-17)28(26,27)22-20(16-18-6-4-3-5-7-18)21(25)24-14-12-23(2)13-15-24/h3-11,20,22H,12-16H2,1-2H3/t20-/m0/s1. The molecule has 1 atom stereocenters. The Labute approximate surface area is 167 Å². The Balaban J connectivity index is 1.83. The minimum absolute atomic E-state index is 0.169. The van der Waals surface area contributed by atoms with E-state index in [2.05, 4.69) is 9.62 Å². The van der Waals surface area contributed by atoms with Crippen molar-refractivity contribution in [1.82, 2.24) is 14.5 Å². The maximum absolute atomic E-state index is 13.2. The first kappa shape index (κ1) is 20.5. The lowest BCUT2D eigenvalue weighted by atomic mass is 10.1. The van der Waals surface area contributed by atoms with E-state index >= 15 is 0 Å². The smallest absolute Gasteiger partial charge is 0.241 e. The van der Waals surface area contributed by atoms with Gasteiger partial charge in [-0.2, -0.15) is 4.72 Å². The summed E-state index contributed by atoms with van der Waals surface area (Å²) in [5, 5.41) is 0. The summed E-state index contributed by atoms with van der Waals surface area (Å²) in [5.41, 5.74) is 1.90. The maximum Gasteiger partial charge on any atom is 0.241 e. The summed E-state index contributed by atoms with van der Waals surface area (Å²) in [6.07, 6.45) is 0.317. The summed E-state index contributed by atoms with van der Waals surface area (Å²) in [4.78, 5) is 17.2. The molecule has 0 aromatic heterocycles. The molecule has 0 bridgehead atoms. The predicted octanol–water partition coefficient (Wildman–Crippen LogP) is 1.66. The summed E-state index contributed by atoms with van der Waals surface area (Å²) in [6, 6.07) is 15.3. The van der Waals surface area contributed by atoms with Gasteiger partial charge >= 0.3 is 0 Å². The van der Waals surface area contributed by atoms with Crippen LogP contribution < -0.4 is 4.72 Å². The zero-order valence-corrected chi connectivity index (χ0v) is 17.2. The molecule has 1 saturated heterocycles. The number of nitrogens with one attached hydrogen (secondary N) is 1. The number of likely N-dealkylation sites (N-methyl/N-ethyl adjacent to an activating group) is 1. The number of aryl methyl sites for hydroxylation is 1. The van der Waals surface area contributed by atoms with Crippen molar-refractivity contribution < 1.29 is 13.2 Å². The summed E-state index contributed by atoms with van der Waals surface area (Å²) < 4.78 is 28.4. The van der Waals surface area contributed by atoms with Crippen molar-refractivity contribution in [2.45, 2.75) is 24.3 Å². The number of benzene rings is 2. The Hall–Kier alpha value is -2.22. The third-order valence-corrected chi connectivity index (χ3v) is 6.51. The average Bonchev–Trinajstić information content (AvgIpc) is 2.68. The number of amides is 1. The lowest BCUT2D eigenvalue weighted by Gasteiger charge is -2.34. The Morgan fingerprint density at radius 3 is 2.21 bits per heavy atom. The summed E-state index contributed by atoms with van der Waals surface area (Å²) in [6.45, 7) is 4.68. The molecule has 2 aromatic rings. The Morgan fingerprint density at radius 2 is 1.61 bits per heavy atom. The number of nitrogens with zero attached hydrogens (tertiary/aromatic N) is 2. The molecule has 0 aliphatic carbocycles. The van der Waals surface area contributed by atoms with Gasteiger partial charge in [-0.15, -0.1) is 0 Å². The Kier molecular flexibility index (Phi) is 6.49. The molecular weight excluding hydrogens is 374 g/mol. The van der Waals surface area contributed by atoms with Gasteiger partial charge in [0.15, 0.2) is 0 Å². The van der Waals surface area contributed by atoms with Gasteiger partial charge in [-0.05, 0) is 38.1 Å². The molecule has 28 heavy (non-hydrogen) atoms. The second-order valence-electron chi connectivity index (χ2n) is 7.31. The molecule has 150 valence electrons. The second kappa shape index (κ2) is 8.86. The van der Waals surface area contributed by atoms with Crippen molar-refractivity contribution in [2.24, 2.45) is 0 Å². The van der Waals surface area contributed by atoms with E-state index in [0.29, 0.717) is 19.5 Å². The third-order valence-electron chi connectivity index (χ3n) is 5.02. The van der Waals surface area contributed by atoms with Crippen molar-refractivity contribution >= 4 is 15.9 Å². The molecule has 1 amide bonds. The van der Waals surface area contributed by atoms with Crippen LogP contribution in [0.4, 0.5) is 0 Å². The molecule has 2 aromatic carbocycles. The highest BCUT2D eigenvalue weighted by Crippen LogP contribution is 2.14. The number of rotatable bonds is 6. The molecule has 1 aliphatic heterocycles. The van der Waals surface area contributed by atoms with Gasteiger partial charge in [0.05, 0.1) is 4.90 Å². The molecule has 0 unspecified atom stereocenters. The van der Waals surface area contributed by atoms with Crippen molar-refractivity contribution in [3.8, 4) is 0 Å². The largest absolute Gasteiger partial charge is 0.339 e. The number of piperazine rings is 1. The lowest BCUT2D eigenvalue weighted by molar-refractivity contribution is -0.134. The van der Waals surface area contributed by atoms with Gasteiger partial charge in [-0.3, -0.25) is 4.79 Å². The number of hydrogen-bond donors (Lipinski definition) is 1. The summed E-state index contributed by atoms with van der Waals surface area (Å²) in [5.74, 6) is -0.173. The van der Waals surface area contributed by atoms with Crippen LogP contribution in [0.15, 0.2) is 59.5 Å². The van der Waals surface area contributed by atoms with Gasteiger partial charge in [0.2, 0.25) is 15.9 Å². The van der Waals surface area contributed by atoms with Crippen LogP contribution in [0.3, 0.4) is 0 Å². The fraction of sp³-hybridized carbons (Fsp3) is 0.381. The van der Waals surface area contributed by atoms with Gasteiger partial charge < -0.3 is 9.80 Å². The van der Waals surface area contributed by atoms with Gasteiger partial charge in [0.25, 0.3) is 0 Å². The molecule has 7 heteroatoms. The van der Waals surface area contributed by atoms with Crippen molar-refractivity contribution in [3.63, 3.8) is 0 Å². The van der Waals surface area contributed by atoms with E-state index in [4.69, 9.17) is 0 Å². The molecule has 0 radical (unpaired) electrons. The quantitative estimate of drug-likeness (QED) is 0.799. The number of carbonyl (C=O) groups excluding carboxylic acids is 1. The maximum atomic E-state index is 13.2. The normalized spacial score (nSPS) is 16.7. The number of carbonyl (C=O) groups is 1. The molecular formula is C21H27N3O3S. The van der Waals surface area contributed by atoms with E-state index in [1.807, 2.05) is 44.3 Å². The molecule has 1 aliphatic rings. The van der Waals surface area contributed by atoms with Gasteiger partial charge in [-0.1, -0.05) is 48.0 Å². The second-order valence-corrected chi connectivity index (χ2v) is 9.02. The Bertz CT molecular complexity index is 890. The molecule has 0 spiro atoms. The summed E-state index contributed by atoms with van der Waals surface area (Å²) >= 11 is 0. The van der Waals surface area contributed by atoms with E-state index < -0.39 is 16.1 Å². The number of sulfonamides is 1. The number of hydrogen-bond acceptors (Lipinski definition) is 4. The van der Waals surface area contributed by atoms with Crippen LogP contribution in [0.1, 0.15) is 11.1 Å². The van der Waals surface area contributed by atoms with E-state index in [1.54, 1.807) is 29.2 Å². The van der Waals surface area contributed by atoms with Crippen LogP contribution in [0, 0.1) is 6.92 Å². The zero-order chi connectivity index (χ0) is 20.1. The predicted molar refractivity (Wildman–Crippen MR) is 110 cm³/mol. The third kappa shape index (κ3) is 5.19. The van der Waals surface area contributed by atoms with Crippen LogP contribution in [-0.2, 0) is 21.2 Å². The summed E-state index contributed by atoms with van der Waals surface area (Å²) in [7, 11) is -1.78. The van der Waals surface area contributed by atoms with Crippen LogP contribution in [0.5, 0.6) is 0 Å². The van der Waals surface area contributed by atoms with Crippen molar-refractivity contribution in [1.29, 1.82) is 0 Å². The minimum atomic E-state index is -3.80. The van der Waals surface area contributed by atoms with Crippen LogP contribution in [0.25, 0.3) is 0 Å². The molecule has 1 fully saturated rings. The highest BCUT2D eigenvalue weighted by Gasteiger charge is 2.30. The van der Waals surface area contributed by atoms with E-state index in [9.17, 15) is 13.2 Å². The molecule has 0 saturated carbocycles. The van der Waals surface area contributed by atoms with Crippen LogP contribution >= 0.6 is 0 Å². The van der Waals surface area contributed by atoms with Gasteiger partial charge in [0.1, 0.15) is 6.04 Å². The highest BCUT2D eigenvalue weighted by molar-refractivity contribution is 7.89. The first-order valence-electron chi connectivity index (χ1n) is 9.45. The molecule has 1 heterocycles. The van der Waals surface area contributed by atoms with Crippen LogP contribution in [-0.4, -0.2) is 63.4 Å². The highest BCUT2D eigenvalue weighted by atomic mass is 32.2. The SMILES string of the molecule is Cc1ccc(S(=O)(=O)N[C@@H](Cc2ccccc2)C(=O)N2CCN(C)CC2)cc1. The molecule has 1 N–H and O–H groups in total. The van der Waals surface area contributed by atoms with Crippen LogP contribution in [0.2, 0.25) is 0 Å². The van der Waals surface area contributed by atoms with Gasteiger partial charge in [0, 0.05) is 26.2 Å². The monoisotopic (exact) mass is 401 g/mol.